The Hall–Kier alpha value is -1.70. The van der Waals surface area contributed by atoms with E-state index in [9.17, 15) is 4.79 Å². The van der Waals surface area contributed by atoms with Gasteiger partial charge in [0.1, 0.15) is 5.01 Å². The van der Waals surface area contributed by atoms with Crippen molar-refractivity contribution in [1.29, 1.82) is 0 Å². The molecule has 0 radical (unpaired) electrons. The summed E-state index contributed by atoms with van der Waals surface area (Å²) in [5.41, 5.74) is 0.485. The number of fused-ring (bicyclic) bond motifs is 1. The van der Waals surface area contributed by atoms with Crippen LogP contribution < -0.4 is 5.32 Å². The van der Waals surface area contributed by atoms with Gasteiger partial charge in [0, 0.05) is 24.4 Å². The first-order chi connectivity index (χ1) is 11.6. The monoisotopic (exact) mass is 381 g/mol. The lowest BCUT2D eigenvalue weighted by Crippen LogP contribution is -2.25. The third-order valence-corrected chi connectivity index (χ3v) is 5.50. The third-order valence-electron chi connectivity index (χ3n) is 3.81. The fourth-order valence-corrected chi connectivity index (χ4v) is 3.53. The predicted octanol–water partition coefficient (Wildman–Crippen LogP) is 3.34. The summed E-state index contributed by atoms with van der Waals surface area (Å²) in [6, 6.07) is 4.82. The zero-order valence-corrected chi connectivity index (χ0v) is 14.8. The van der Waals surface area contributed by atoms with Gasteiger partial charge in [-0.2, -0.15) is 9.61 Å². The molecule has 6 nitrogen and oxygen atoms in total. The van der Waals surface area contributed by atoms with Crippen LogP contribution in [0.5, 0.6) is 0 Å². The Morgan fingerprint density at radius 1 is 1.29 bits per heavy atom. The van der Waals surface area contributed by atoms with Crippen molar-refractivity contribution in [3.05, 3.63) is 44.6 Å². The number of halogens is 2. The van der Waals surface area contributed by atoms with Gasteiger partial charge in [-0.25, -0.2) is 0 Å². The van der Waals surface area contributed by atoms with Crippen molar-refractivity contribution in [2.45, 2.75) is 25.2 Å². The van der Waals surface area contributed by atoms with Crippen LogP contribution in [-0.2, 0) is 6.42 Å². The van der Waals surface area contributed by atoms with Crippen molar-refractivity contribution >= 4 is 45.4 Å². The second kappa shape index (κ2) is 6.31. The highest BCUT2D eigenvalue weighted by Gasteiger charge is 2.29. The number of carbonyl (C=O) groups is 1. The van der Waals surface area contributed by atoms with Crippen LogP contribution >= 0.6 is 34.5 Å². The van der Waals surface area contributed by atoms with Crippen molar-refractivity contribution in [3.63, 3.8) is 0 Å². The van der Waals surface area contributed by atoms with Gasteiger partial charge in [-0.05, 0) is 31.0 Å². The molecule has 3 aromatic rings. The topological polar surface area (TPSA) is 72.2 Å². The maximum Gasteiger partial charge on any atom is 0.251 e. The lowest BCUT2D eigenvalue weighted by atomic mass is 10.2. The van der Waals surface area contributed by atoms with Crippen LogP contribution in [0.15, 0.2) is 18.2 Å². The molecule has 2 heterocycles. The van der Waals surface area contributed by atoms with Crippen molar-refractivity contribution in [2.24, 2.45) is 0 Å². The maximum absolute atomic E-state index is 12.1. The first-order valence-electron chi connectivity index (χ1n) is 7.56. The molecular formula is C15H13Cl2N5OS. The van der Waals surface area contributed by atoms with Gasteiger partial charge in [-0.15, -0.1) is 10.2 Å². The van der Waals surface area contributed by atoms with Gasteiger partial charge < -0.3 is 5.32 Å². The average Bonchev–Trinajstić information content (AvgIpc) is 3.20. The molecule has 0 saturated heterocycles. The van der Waals surface area contributed by atoms with Crippen molar-refractivity contribution in [3.8, 4) is 0 Å². The largest absolute Gasteiger partial charge is 0.352 e. The quantitative estimate of drug-likeness (QED) is 0.735. The highest BCUT2D eigenvalue weighted by atomic mass is 35.5. The summed E-state index contributed by atoms with van der Waals surface area (Å²) in [6.45, 7) is 0.488. The zero-order chi connectivity index (χ0) is 16.7. The molecule has 0 unspecified atom stereocenters. The van der Waals surface area contributed by atoms with Gasteiger partial charge in [-0.3, -0.25) is 4.79 Å². The molecule has 0 atom stereocenters. The van der Waals surface area contributed by atoms with Crippen LogP contribution in [0.3, 0.4) is 0 Å². The number of carbonyl (C=O) groups excluding carboxylic acids is 1. The highest BCUT2D eigenvalue weighted by Crippen LogP contribution is 2.39. The van der Waals surface area contributed by atoms with Gasteiger partial charge in [0.2, 0.25) is 4.96 Å². The van der Waals surface area contributed by atoms with E-state index in [0.717, 1.165) is 28.6 Å². The Labute approximate surface area is 151 Å². The van der Waals surface area contributed by atoms with Gasteiger partial charge in [0.15, 0.2) is 5.82 Å². The molecular weight excluding hydrogens is 369 g/mol. The number of hydrogen-bond donors (Lipinski definition) is 1. The van der Waals surface area contributed by atoms with E-state index >= 15 is 0 Å². The maximum atomic E-state index is 12.1. The fraction of sp³-hybridized carbons (Fsp3) is 0.333. The number of rotatable bonds is 5. The van der Waals surface area contributed by atoms with Gasteiger partial charge in [-0.1, -0.05) is 34.5 Å². The molecule has 1 amide bonds. The van der Waals surface area contributed by atoms with E-state index in [0.29, 0.717) is 34.5 Å². The number of nitrogens with one attached hydrogen (secondary N) is 1. The number of benzene rings is 1. The van der Waals surface area contributed by atoms with E-state index in [-0.39, 0.29) is 5.91 Å². The molecule has 1 aliphatic rings. The predicted molar refractivity (Wildman–Crippen MR) is 93.1 cm³/mol. The smallest absolute Gasteiger partial charge is 0.251 e. The molecule has 1 fully saturated rings. The minimum Gasteiger partial charge on any atom is -0.352 e. The van der Waals surface area contributed by atoms with Gasteiger partial charge in [0.05, 0.1) is 10.0 Å². The second-order valence-corrected chi connectivity index (χ2v) is 7.51. The Morgan fingerprint density at radius 2 is 2.12 bits per heavy atom. The average molecular weight is 382 g/mol. The van der Waals surface area contributed by atoms with E-state index < -0.39 is 0 Å². The SMILES string of the molecule is O=C(NCCc1nn2c(C3CC3)nnc2s1)c1ccc(Cl)c(Cl)c1. The fourth-order valence-electron chi connectivity index (χ4n) is 2.39. The number of aromatic nitrogens is 4. The van der Waals surface area contributed by atoms with E-state index in [1.165, 1.54) is 11.3 Å². The summed E-state index contributed by atoms with van der Waals surface area (Å²) in [6.07, 6.45) is 2.96. The molecule has 9 heteroatoms. The standard InChI is InChI=1S/C15H13Cl2N5OS/c16-10-4-3-9(7-11(10)17)14(23)18-6-5-12-21-22-13(8-1-2-8)19-20-15(22)24-12/h3-4,7-8H,1-2,5-6H2,(H,18,23). The van der Waals surface area contributed by atoms with E-state index in [1.807, 2.05) is 4.52 Å². The summed E-state index contributed by atoms with van der Waals surface area (Å²) in [5.74, 6) is 1.27. The molecule has 1 aromatic carbocycles. The minimum absolute atomic E-state index is 0.185. The minimum atomic E-state index is -0.185. The first-order valence-corrected chi connectivity index (χ1v) is 9.13. The number of amides is 1. The summed E-state index contributed by atoms with van der Waals surface area (Å²) >= 11 is 13.3. The molecule has 2 aromatic heterocycles. The molecule has 0 aliphatic heterocycles. The molecule has 1 aliphatic carbocycles. The molecule has 24 heavy (non-hydrogen) atoms. The first kappa shape index (κ1) is 15.8. The summed E-state index contributed by atoms with van der Waals surface area (Å²) < 4.78 is 1.83. The van der Waals surface area contributed by atoms with Crippen LogP contribution in [0, 0.1) is 0 Å². The van der Waals surface area contributed by atoms with Crippen molar-refractivity contribution in [1.82, 2.24) is 25.1 Å². The molecule has 124 valence electrons. The lowest BCUT2D eigenvalue weighted by Gasteiger charge is -2.05. The van der Waals surface area contributed by atoms with E-state index in [4.69, 9.17) is 23.2 Å². The normalized spacial score (nSPS) is 14.2. The highest BCUT2D eigenvalue weighted by molar-refractivity contribution is 7.16. The summed E-state index contributed by atoms with van der Waals surface area (Å²) in [4.78, 5) is 12.9. The Morgan fingerprint density at radius 3 is 2.88 bits per heavy atom. The van der Waals surface area contributed by atoms with Gasteiger partial charge >= 0.3 is 0 Å². The third kappa shape index (κ3) is 3.11. The number of hydrogen-bond acceptors (Lipinski definition) is 5. The second-order valence-electron chi connectivity index (χ2n) is 5.66. The van der Waals surface area contributed by atoms with Crippen molar-refractivity contribution < 1.29 is 4.79 Å². The number of nitrogens with zero attached hydrogens (tertiary/aromatic N) is 4. The Bertz CT molecular complexity index is 918. The van der Waals surface area contributed by atoms with E-state index in [1.54, 1.807) is 18.2 Å². The Kier molecular flexibility index (Phi) is 4.15. The molecule has 1 saturated carbocycles. The Balaban J connectivity index is 1.38. The summed E-state index contributed by atoms with van der Waals surface area (Å²) in [5, 5.41) is 17.5. The van der Waals surface area contributed by atoms with E-state index in [2.05, 4.69) is 20.6 Å². The molecule has 1 N–H and O–H groups in total. The molecule has 0 bridgehead atoms. The van der Waals surface area contributed by atoms with Crippen molar-refractivity contribution in [2.75, 3.05) is 6.54 Å². The molecule has 0 spiro atoms. The van der Waals surface area contributed by atoms with Crippen LogP contribution in [-0.4, -0.2) is 32.3 Å². The van der Waals surface area contributed by atoms with Crippen LogP contribution in [0.25, 0.3) is 4.96 Å². The van der Waals surface area contributed by atoms with Gasteiger partial charge in [0.25, 0.3) is 5.91 Å². The van der Waals surface area contributed by atoms with Crippen LogP contribution in [0.4, 0.5) is 0 Å². The van der Waals surface area contributed by atoms with Crippen LogP contribution in [0.1, 0.15) is 39.9 Å². The van der Waals surface area contributed by atoms with Crippen LogP contribution in [0.2, 0.25) is 10.0 Å². The summed E-state index contributed by atoms with van der Waals surface area (Å²) in [7, 11) is 0. The zero-order valence-electron chi connectivity index (χ0n) is 12.5. The lowest BCUT2D eigenvalue weighted by molar-refractivity contribution is 0.0954. The molecule has 4 rings (SSSR count).